The average Bonchev–Trinajstić information content (AvgIpc) is 2.86. The minimum Gasteiger partial charge on any atom is -0.507 e. The first-order valence-electron chi connectivity index (χ1n) is 12.4. The number of likely N-dealkylation sites (N-methyl/N-ethyl adjacent to an activating group) is 1. The predicted molar refractivity (Wildman–Crippen MR) is 135 cm³/mol. The Morgan fingerprint density at radius 2 is 1.72 bits per heavy atom. The molecule has 0 saturated heterocycles. The maximum absolute atomic E-state index is 13.9. The minimum atomic E-state index is -2.78. The Labute approximate surface area is 222 Å². The van der Waals surface area contributed by atoms with E-state index in [1.807, 2.05) is 0 Å². The number of phenolic OH excluding ortho intramolecular Hbond substituents is 1. The van der Waals surface area contributed by atoms with Crippen molar-refractivity contribution < 1.29 is 39.0 Å². The van der Waals surface area contributed by atoms with Gasteiger partial charge in [-0.15, -0.1) is 0 Å². The molecule has 0 radical (unpaired) electrons. The van der Waals surface area contributed by atoms with Crippen molar-refractivity contribution in [3.8, 4) is 16.9 Å². The SMILES string of the molecule is CN(C)[C@@H]1C(=O)C(C(N)=O)C(=O)[C@@]2(O)C(=O)C3C(=O)c4c(O)ccc(-c5cccc(C(N)=O)c5)c4C[C@H]3C[C@@H]12. The van der Waals surface area contributed by atoms with Gasteiger partial charge in [-0.3, -0.25) is 33.7 Å². The van der Waals surface area contributed by atoms with Gasteiger partial charge in [0.2, 0.25) is 11.8 Å². The third-order valence-electron chi connectivity index (χ3n) is 8.40. The molecule has 6 N–H and O–H groups in total. The number of aromatic hydroxyl groups is 1. The fourth-order valence-corrected chi connectivity index (χ4v) is 6.72. The molecule has 0 spiro atoms. The van der Waals surface area contributed by atoms with Crippen LogP contribution in [-0.2, 0) is 25.6 Å². The zero-order valence-corrected chi connectivity index (χ0v) is 21.2. The van der Waals surface area contributed by atoms with Gasteiger partial charge in [0, 0.05) is 11.5 Å². The van der Waals surface area contributed by atoms with Crippen molar-refractivity contribution >= 4 is 34.9 Å². The lowest BCUT2D eigenvalue weighted by molar-refractivity contribution is -0.181. The molecule has 2 saturated carbocycles. The van der Waals surface area contributed by atoms with Gasteiger partial charge in [0.1, 0.15) is 5.75 Å². The van der Waals surface area contributed by atoms with Crippen molar-refractivity contribution in [2.24, 2.45) is 35.1 Å². The number of nitrogens with two attached hydrogens (primary N) is 2. The van der Waals surface area contributed by atoms with Crippen LogP contribution in [0.25, 0.3) is 11.1 Å². The van der Waals surface area contributed by atoms with E-state index in [0.29, 0.717) is 16.7 Å². The third kappa shape index (κ3) is 3.64. The molecular formula is C28H27N3O8. The topological polar surface area (TPSA) is 198 Å². The number of primary amides is 2. The number of rotatable bonds is 4. The number of phenols is 1. The number of nitrogens with zero attached hydrogens (tertiary/aromatic N) is 1. The number of fused-ring (bicyclic) bond motifs is 3. The molecule has 3 aliphatic carbocycles. The minimum absolute atomic E-state index is 0.0552. The molecule has 2 aromatic carbocycles. The van der Waals surface area contributed by atoms with Crippen LogP contribution in [0.15, 0.2) is 36.4 Å². The number of hydrogen-bond donors (Lipinski definition) is 4. The van der Waals surface area contributed by atoms with E-state index < -0.39 is 70.3 Å². The van der Waals surface area contributed by atoms with Crippen LogP contribution in [0.4, 0.5) is 0 Å². The molecule has 6 atom stereocenters. The fourth-order valence-electron chi connectivity index (χ4n) is 6.72. The molecule has 39 heavy (non-hydrogen) atoms. The van der Waals surface area contributed by atoms with Crippen LogP contribution in [0, 0.1) is 23.7 Å². The lowest BCUT2D eigenvalue weighted by Crippen LogP contribution is -2.74. The predicted octanol–water partition coefficient (Wildman–Crippen LogP) is -0.367. The Balaban J connectivity index is 1.66. The van der Waals surface area contributed by atoms with Gasteiger partial charge in [-0.2, -0.15) is 0 Å². The summed E-state index contributed by atoms with van der Waals surface area (Å²) >= 11 is 0. The van der Waals surface area contributed by atoms with E-state index in [1.165, 1.54) is 25.1 Å². The highest BCUT2D eigenvalue weighted by molar-refractivity contribution is 6.32. The summed E-state index contributed by atoms with van der Waals surface area (Å²) in [5.41, 5.74) is 9.64. The molecule has 2 aromatic rings. The molecule has 0 bridgehead atoms. The summed E-state index contributed by atoms with van der Waals surface area (Å²) < 4.78 is 0. The van der Waals surface area contributed by atoms with Gasteiger partial charge in [-0.1, -0.05) is 18.2 Å². The second-order valence-electron chi connectivity index (χ2n) is 10.7. The first-order valence-corrected chi connectivity index (χ1v) is 12.4. The van der Waals surface area contributed by atoms with E-state index in [4.69, 9.17) is 11.5 Å². The normalized spacial score (nSPS) is 30.0. The van der Waals surface area contributed by atoms with Crippen molar-refractivity contribution in [3.63, 3.8) is 0 Å². The molecule has 2 fully saturated rings. The maximum Gasteiger partial charge on any atom is 0.248 e. The van der Waals surface area contributed by atoms with Gasteiger partial charge in [-0.25, -0.2) is 0 Å². The van der Waals surface area contributed by atoms with Crippen LogP contribution in [0.2, 0.25) is 0 Å². The monoisotopic (exact) mass is 533 g/mol. The number of aliphatic hydroxyl groups is 1. The van der Waals surface area contributed by atoms with Gasteiger partial charge in [0.25, 0.3) is 0 Å². The Kier molecular flexibility index (Phi) is 6.04. The number of hydrogen-bond acceptors (Lipinski definition) is 9. The summed E-state index contributed by atoms with van der Waals surface area (Å²) in [6.45, 7) is 0. The lowest BCUT2D eigenvalue weighted by atomic mass is 9.52. The second-order valence-corrected chi connectivity index (χ2v) is 10.7. The second kappa shape index (κ2) is 8.92. The van der Waals surface area contributed by atoms with Crippen molar-refractivity contribution in [2.45, 2.75) is 24.5 Å². The van der Waals surface area contributed by atoms with Gasteiger partial charge in [-0.05, 0) is 67.7 Å². The summed E-state index contributed by atoms with van der Waals surface area (Å²) in [5.74, 6) is -11.7. The van der Waals surface area contributed by atoms with E-state index in [9.17, 15) is 39.0 Å². The van der Waals surface area contributed by atoms with Crippen LogP contribution < -0.4 is 11.5 Å². The molecule has 3 aliphatic rings. The Morgan fingerprint density at radius 1 is 1.03 bits per heavy atom. The number of Topliss-reactive ketones (excluding diaryl/α,β-unsaturated/α-hetero) is 4. The Morgan fingerprint density at radius 3 is 2.33 bits per heavy atom. The van der Waals surface area contributed by atoms with Crippen LogP contribution in [0.5, 0.6) is 5.75 Å². The smallest absolute Gasteiger partial charge is 0.248 e. The highest BCUT2D eigenvalue weighted by Gasteiger charge is 2.69. The number of ketones is 4. The number of carbonyl (C=O) groups excluding carboxylic acids is 6. The van der Waals surface area contributed by atoms with E-state index >= 15 is 0 Å². The van der Waals surface area contributed by atoms with Gasteiger partial charge >= 0.3 is 0 Å². The summed E-state index contributed by atoms with van der Waals surface area (Å²) in [4.78, 5) is 79.4. The Hall–Kier alpha value is -4.22. The molecule has 2 amide bonds. The fraction of sp³-hybridized carbons (Fsp3) is 0.357. The van der Waals surface area contributed by atoms with Crippen LogP contribution >= 0.6 is 0 Å². The molecule has 2 unspecified atom stereocenters. The summed E-state index contributed by atoms with van der Waals surface area (Å²) in [6.07, 6.45) is 0.0523. The van der Waals surface area contributed by atoms with Crippen LogP contribution in [0.3, 0.4) is 0 Å². The zero-order valence-electron chi connectivity index (χ0n) is 21.2. The molecule has 202 valence electrons. The van der Waals surface area contributed by atoms with E-state index in [1.54, 1.807) is 30.3 Å². The Bertz CT molecular complexity index is 1500. The molecule has 0 aliphatic heterocycles. The molecule has 0 heterocycles. The molecule has 0 aromatic heterocycles. The van der Waals surface area contributed by atoms with Crippen molar-refractivity contribution in [2.75, 3.05) is 14.1 Å². The highest BCUT2D eigenvalue weighted by Crippen LogP contribution is 2.51. The van der Waals surface area contributed by atoms with Gasteiger partial charge in [0.15, 0.2) is 34.7 Å². The standard InChI is InChI=1S/C28H27N3O8/c1-31(2)21-16-10-13-9-15-14(11-4-3-5-12(8-11)26(29)37)6-7-17(32)19(15)22(33)18(13)24(35)28(16,39)25(36)20(23(21)34)27(30)38/h3-8,13,16,18,20-21,32,39H,9-10H2,1-2H3,(H2,29,37)(H2,30,38)/t13-,16-,18?,20?,21-,28-/m0/s1. The highest BCUT2D eigenvalue weighted by atomic mass is 16.3. The average molecular weight is 534 g/mol. The van der Waals surface area contributed by atoms with E-state index in [0.717, 1.165) is 0 Å². The number of amides is 2. The molecule has 11 nitrogen and oxygen atoms in total. The van der Waals surface area contributed by atoms with Crippen molar-refractivity contribution in [1.29, 1.82) is 0 Å². The molecule has 5 rings (SSSR count). The van der Waals surface area contributed by atoms with Crippen LogP contribution in [-0.4, -0.2) is 75.8 Å². The van der Waals surface area contributed by atoms with E-state index in [-0.39, 0.29) is 29.7 Å². The maximum atomic E-state index is 13.9. The summed E-state index contributed by atoms with van der Waals surface area (Å²) in [5, 5.41) is 22.3. The van der Waals surface area contributed by atoms with E-state index in [2.05, 4.69) is 0 Å². The lowest BCUT2D eigenvalue weighted by Gasteiger charge is -2.52. The first-order chi connectivity index (χ1) is 18.3. The molecule has 11 heteroatoms. The largest absolute Gasteiger partial charge is 0.507 e. The number of benzene rings is 2. The van der Waals surface area contributed by atoms with Gasteiger partial charge < -0.3 is 21.7 Å². The van der Waals surface area contributed by atoms with Crippen molar-refractivity contribution in [3.05, 3.63) is 53.1 Å². The number of carbonyl (C=O) groups is 6. The van der Waals surface area contributed by atoms with Crippen molar-refractivity contribution in [1.82, 2.24) is 4.90 Å². The summed E-state index contributed by atoms with van der Waals surface area (Å²) in [6, 6.07) is 8.15. The quantitative estimate of drug-likeness (QED) is 0.379. The van der Waals surface area contributed by atoms with Crippen LogP contribution in [0.1, 0.15) is 32.7 Å². The molecular weight excluding hydrogens is 506 g/mol. The zero-order chi connectivity index (χ0) is 28.5. The third-order valence-corrected chi connectivity index (χ3v) is 8.40. The van der Waals surface area contributed by atoms with Gasteiger partial charge in [0.05, 0.1) is 17.5 Å². The summed E-state index contributed by atoms with van der Waals surface area (Å²) in [7, 11) is 3.05. The first kappa shape index (κ1) is 26.4.